The highest BCUT2D eigenvalue weighted by Gasteiger charge is 2.29. The number of hydrogen-bond acceptors (Lipinski definition) is 4. The molecule has 1 unspecified atom stereocenters. The Bertz CT molecular complexity index is 1070. The van der Waals surface area contributed by atoms with Gasteiger partial charge in [-0.15, -0.1) is 0 Å². The van der Waals surface area contributed by atoms with Crippen LogP contribution in [0.3, 0.4) is 0 Å². The average molecular weight is 386 g/mol. The molecule has 1 fully saturated rings. The molecule has 2 amide bonds. The number of anilines is 1. The van der Waals surface area contributed by atoms with E-state index in [1.807, 2.05) is 55.5 Å². The molecule has 0 aliphatic heterocycles. The maximum absolute atomic E-state index is 12.3. The third kappa shape index (κ3) is 4.85. The van der Waals surface area contributed by atoms with Crippen LogP contribution in [-0.4, -0.2) is 21.8 Å². The Hall–Kier alpha value is -3.54. The van der Waals surface area contributed by atoms with Gasteiger partial charge in [0.05, 0.1) is 29.0 Å². The molecule has 2 N–H and O–H groups in total. The van der Waals surface area contributed by atoms with Crippen molar-refractivity contribution in [2.75, 3.05) is 5.32 Å². The number of rotatable bonds is 6. The Morgan fingerprint density at radius 2 is 1.79 bits per heavy atom. The van der Waals surface area contributed by atoms with Crippen molar-refractivity contribution in [3.05, 3.63) is 72.1 Å². The molecule has 0 radical (unpaired) electrons. The maximum Gasteiger partial charge on any atom is 0.244 e. The molecule has 1 saturated carbocycles. The van der Waals surface area contributed by atoms with E-state index in [-0.39, 0.29) is 23.8 Å². The Morgan fingerprint density at radius 3 is 2.52 bits per heavy atom. The molecule has 0 bridgehead atoms. The number of fused-ring (bicyclic) bond motifs is 1. The highest BCUT2D eigenvalue weighted by atomic mass is 16.2. The van der Waals surface area contributed by atoms with E-state index in [0.29, 0.717) is 5.69 Å². The quantitative estimate of drug-likeness (QED) is 0.630. The molecule has 0 saturated heterocycles. The van der Waals surface area contributed by atoms with Gasteiger partial charge in [-0.3, -0.25) is 14.6 Å². The largest absolute Gasteiger partial charge is 0.346 e. The van der Waals surface area contributed by atoms with Crippen molar-refractivity contribution in [1.29, 1.82) is 0 Å². The molecule has 2 aromatic carbocycles. The fraction of sp³-hybridized carbons (Fsp3) is 0.217. The molecule has 1 atom stereocenters. The summed E-state index contributed by atoms with van der Waals surface area (Å²) in [5.41, 5.74) is 3.97. The van der Waals surface area contributed by atoms with Gasteiger partial charge >= 0.3 is 0 Å². The molecule has 0 spiro atoms. The summed E-state index contributed by atoms with van der Waals surface area (Å²) < 4.78 is 0. The summed E-state index contributed by atoms with van der Waals surface area (Å²) in [7, 11) is 0. The lowest BCUT2D eigenvalue weighted by atomic mass is 10.1. The molecule has 1 aliphatic rings. The molecule has 1 aromatic heterocycles. The number of amides is 2. The maximum atomic E-state index is 12.3. The topological polar surface area (TPSA) is 84.0 Å². The second-order valence-corrected chi connectivity index (χ2v) is 7.23. The van der Waals surface area contributed by atoms with Gasteiger partial charge < -0.3 is 10.6 Å². The first-order valence-corrected chi connectivity index (χ1v) is 9.70. The summed E-state index contributed by atoms with van der Waals surface area (Å²) in [4.78, 5) is 32.9. The zero-order chi connectivity index (χ0) is 20.2. The van der Waals surface area contributed by atoms with Crippen LogP contribution < -0.4 is 10.6 Å². The lowest BCUT2D eigenvalue weighted by molar-refractivity contribution is -0.118. The van der Waals surface area contributed by atoms with Crippen LogP contribution in [0.1, 0.15) is 37.1 Å². The molecule has 146 valence electrons. The van der Waals surface area contributed by atoms with Crippen LogP contribution >= 0.6 is 0 Å². The van der Waals surface area contributed by atoms with Gasteiger partial charge in [0.2, 0.25) is 11.8 Å². The summed E-state index contributed by atoms with van der Waals surface area (Å²) in [6.07, 6.45) is 6.71. The summed E-state index contributed by atoms with van der Waals surface area (Å²) in [5.74, 6) is 0.0477. The van der Waals surface area contributed by atoms with E-state index >= 15 is 0 Å². The lowest BCUT2D eigenvalue weighted by Gasteiger charge is -2.14. The number of hydrogen-bond donors (Lipinski definition) is 2. The van der Waals surface area contributed by atoms with E-state index < -0.39 is 0 Å². The van der Waals surface area contributed by atoms with Gasteiger partial charge in [-0.2, -0.15) is 0 Å². The zero-order valence-corrected chi connectivity index (χ0v) is 16.1. The summed E-state index contributed by atoms with van der Waals surface area (Å²) in [6, 6.07) is 15.0. The zero-order valence-electron chi connectivity index (χ0n) is 16.1. The summed E-state index contributed by atoms with van der Waals surface area (Å²) >= 11 is 0. The first-order chi connectivity index (χ1) is 14.1. The van der Waals surface area contributed by atoms with Gasteiger partial charge in [0.15, 0.2) is 0 Å². The number of carbonyl (C=O) groups excluding carboxylic acids is 2. The van der Waals surface area contributed by atoms with Gasteiger partial charge in [0.25, 0.3) is 0 Å². The van der Waals surface area contributed by atoms with E-state index in [9.17, 15) is 9.59 Å². The highest BCUT2D eigenvalue weighted by molar-refractivity contribution is 5.94. The molecule has 6 heteroatoms. The molecule has 29 heavy (non-hydrogen) atoms. The Labute approximate surface area is 169 Å². The van der Waals surface area contributed by atoms with Crippen molar-refractivity contribution in [2.45, 2.75) is 25.8 Å². The number of nitrogens with zero attached hydrogens (tertiary/aromatic N) is 2. The molecular weight excluding hydrogens is 364 g/mol. The minimum Gasteiger partial charge on any atom is -0.346 e. The van der Waals surface area contributed by atoms with Crippen LogP contribution in [0, 0.1) is 5.92 Å². The van der Waals surface area contributed by atoms with Crippen LogP contribution in [0.5, 0.6) is 0 Å². The van der Waals surface area contributed by atoms with Crippen LogP contribution in [0.15, 0.2) is 60.8 Å². The molecule has 1 heterocycles. The third-order valence-electron chi connectivity index (χ3n) is 4.86. The minimum absolute atomic E-state index is 0.0843. The standard InChI is InChI=1S/C23H22N4O2/c1-15(16-8-10-18(11-9-16)27-23(29)17-6-7-17)25-22(28)13-12-19-14-24-20-4-2-3-5-21(20)26-19/h2-5,8-15,17H,6-7H2,1H3,(H,25,28)(H,27,29)/b13-12+. The number of carbonyl (C=O) groups is 2. The lowest BCUT2D eigenvalue weighted by Crippen LogP contribution is -2.24. The minimum atomic E-state index is -0.210. The van der Waals surface area contributed by atoms with Crippen LogP contribution in [0.2, 0.25) is 0 Å². The normalized spacial score (nSPS) is 14.7. The smallest absolute Gasteiger partial charge is 0.244 e. The number of nitrogens with one attached hydrogen (secondary N) is 2. The predicted molar refractivity (Wildman–Crippen MR) is 113 cm³/mol. The molecule has 6 nitrogen and oxygen atoms in total. The van der Waals surface area contributed by atoms with Crippen molar-refractivity contribution in [2.24, 2.45) is 5.92 Å². The summed E-state index contributed by atoms with van der Waals surface area (Å²) in [5, 5.41) is 5.84. The monoisotopic (exact) mass is 386 g/mol. The van der Waals surface area contributed by atoms with Gasteiger partial charge in [-0.1, -0.05) is 24.3 Å². The number of benzene rings is 2. The van der Waals surface area contributed by atoms with Crippen LogP contribution in [-0.2, 0) is 9.59 Å². The van der Waals surface area contributed by atoms with E-state index in [2.05, 4.69) is 20.6 Å². The average Bonchev–Trinajstić information content (AvgIpc) is 3.58. The van der Waals surface area contributed by atoms with Crippen molar-refractivity contribution < 1.29 is 9.59 Å². The van der Waals surface area contributed by atoms with Gasteiger partial charge in [-0.05, 0) is 55.7 Å². The molecule has 1 aliphatic carbocycles. The van der Waals surface area contributed by atoms with E-state index in [0.717, 1.165) is 35.1 Å². The number of para-hydroxylation sites is 2. The molecule has 4 rings (SSSR count). The highest BCUT2D eigenvalue weighted by Crippen LogP contribution is 2.30. The second kappa shape index (κ2) is 8.22. The number of aromatic nitrogens is 2. The van der Waals surface area contributed by atoms with Crippen molar-refractivity contribution in [3.8, 4) is 0 Å². The molecule has 3 aromatic rings. The van der Waals surface area contributed by atoms with E-state index in [4.69, 9.17) is 0 Å². The Kier molecular flexibility index (Phi) is 5.33. The first kappa shape index (κ1) is 18.8. The van der Waals surface area contributed by atoms with Gasteiger partial charge in [-0.25, -0.2) is 4.98 Å². The SMILES string of the molecule is CC(NC(=O)/C=C/c1cnc2ccccc2n1)c1ccc(NC(=O)C2CC2)cc1. The van der Waals surface area contributed by atoms with Crippen molar-refractivity contribution in [3.63, 3.8) is 0 Å². The second-order valence-electron chi connectivity index (χ2n) is 7.23. The Balaban J connectivity index is 1.34. The first-order valence-electron chi connectivity index (χ1n) is 9.70. The van der Waals surface area contributed by atoms with E-state index in [1.165, 1.54) is 6.08 Å². The van der Waals surface area contributed by atoms with Crippen LogP contribution in [0.4, 0.5) is 5.69 Å². The Morgan fingerprint density at radius 1 is 1.07 bits per heavy atom. The predicted octanol–water partition coefficient (Wildman–Crippen LogP) is 3.87. The van der Waals surface area contributed by atoms with Crippen molar-refractivity contribution in [1.82, 2.24) is 15.3 Å². The van der Waals surface area contributed by atoms with Crippen LogP contribution in [0.25, 0.3) is 17.1 Å². The van der Waals surface area contributed by atoms with Crippen molar-refractivity contribution >= 4 is 34.6 Å². The third-order valence-corrected chi connectivity index (χ3v) is 4.86. The van der Waals surface area contributed by atoms with E-state index in [1.54, 1.807) is 12.3 Å². The summed E-state index contributed by atoms with van der Waals surface area (Å²) in [6.45, 7) is 1.92. The fourth-order valence-electron chi connectivity index (χ4n) is 3.00. The van der Waals surface area contributed by atoms with Gasteiger partial charge in [0, 0.05) is 17.7 Å². The fourth-order valence-corrected chi connectivity index (χ4v) is 3.00. The van der Waals surface area contributed by atoms with Gasteiger partial charge in [0.1, 0.15) is 0 Å². The molecular formula is C23H22N4O2.